The molecular weight excluding hydrogens is 587 g/mol. The summed E-state index contributed by atoms with van der Waals surface area (Å²) in [7, 11) is 0. The van der Waals surface area contributed by atoms with E-state index in [4.69, 9.17) is 11.6 Å². The van der Waals surface area contributed by atoms with Crippen LogP contribution in [0.25, 0.3) is 22.5 Å². The molecule has 1 saturated heterocycles. The molecule has 6 rings (SSSR count). The summed E-state index contributed by atoms with van der Waals surface area (Å²) in [5.74, 6) is -1.76. The Kier molecular flexibility index (Phi) is 7.01. The maximum atomic E-state index is 15.3. The molecule has 0 unspecified atom stereocenters. The number of fused-ring (bicyclic) bond motifs is 1. The molecule has 2 aliphatic heterocycles. The van der Waals surface area contributed by atoms with Crippen molar-refractivity contribution in [2.75, 3.05) is 0 Å². The third-order valence-electron chi connectivity index (χ3n) is 7.43. The predicted octanol–water partition coefficient (Wildman–Crippen LogP) is 4.36. The van der Waals surface area contributed by atoms with Crippen LogP contribution < -0.4 is 0 Å². The zero-order chi connectivity index (χ0) is 29.8. The van der Waals surface area contributed by atoms with E-state index in [1.807, 2.05) is 0 Å². The Morgan fingerprint density at radius 1 is 1.14 bits per heavy atom. The molecule has 5 heterocycles. The van der Waals surface area contributed by atoms with Crippen molar-refractivity contribution in [3.8, 4) is 16.9 Å². The van der Waals surface area contributed by atoms with Gasteiger partial charge >= 0.3 is 6.18 Å². The van der Waals surface area contributed by atoms with Crippen LogP contribution in [-0.2, 0) is 11.2 Å². The van der Waals surface area contributed by atoms with E-state index in [0.29, 0.717) is 36.3 Å². The Balaban J connectivity index is 1.28. The van der Waals surface area contributed by atoms with Gasteiger partial charge in [0, 0.05) is 35.9 Å². The number of carbonyl (C=O) groups excluding carboxylic acids is 1. The summed E-state index contributed by atoms with van der Waals surface area (Å²) in [4.78, 5) is 26.0. The third kappa shape index (κ3) is 4.91. The van der Waals surface area contributed by atoms with Crippen LogP contribution in [0, 0.1) is 11.6 Å². The average molecular weight is 607 g/mol. The van der Waals surface area contributed by atoms with Gasteiger partial charge in [0.05, 0.1) is 34.3 Å². The van der Waals surface area contributed by atoms with E-state index in [2.05, 4.69) is 30.5 Å². The molecule has 218 valence electrons. The van der Waals surface area contributed by atoms with Gasteiger partial charge in [0.1, 0.15) is 12.2 Å². The zero-order valence-electron chi connectivity index (χ0n) is 21.4. The van der Waals surface area contributed by atoms with Crippen molar-refractivity contribution in [1.82, 2.24) is 40.1 Å². The Hall–Kier alpha value is -4.24. The standard InChI is InChI=1S/C26H20ClF5N8O2/c27-15-2-4-18(39-11-35-37-38-39)22(24(15)29)12-7-13-1-3-19(40(13)21(42)8-12)25-34-10-17(36-25)14-5-6-33-16(23(14)28)9-20(41)26(30,31)32/h2,4-6,8,10-11,13,19-20,41H,1,3,7,9H2,(H,34,36)/t13-,19+,20+/m1/s1. The molecule has 2 N–H and O–H groups in total. The summed E-state index contributed by atoms with van der Waals surface area (Å²) >= 11 is 6.07. The number of hydrogen-bond acceptors (Lipinski definition) is 7. The van der Waals surface area contributed by atoms with Gasteiger partial charge in [0.15, 0.2) is 17.7 Å². The molecule has 4 aromatic rings. The minimum atomic E-state index is -4.92. The first-order chi connectivity index (χ1) is 20.0. The largest absolute Gasteiger partial charge is 0.414 e. The van der Waals surface area contributed by atoms with Gasteiger partial charge in [0.25, 0.3) is 0 Å². The Bertz CT molecular complexity index is 1690. The van der Waals surface area contributed by atoms with E-state index >= 15 is 8.78 Å². The molecule has 10 nitrogen and oxygen atoms in total. The first-order valence-corrected chi connectivity index (χ1v) is 13.1. The van der Waals surface area contributed by atoms with E-state index in [0.717, 1.165) is 6.20 Å². The first-order valence-electron chi connectivity index (χ1n) is 12.7. The lowest BCUT2D eigenvalue weighted by Crippen LogP contribution is -2.39. The molecule has 0 aliphatic carbocycles. The van der Waals surface area contributed by atoms with Gasteiger partial charge in [-0.25, -0.2) is 13.8 Å². The van der Waals surface area contributed by atoms with Gasteiger partial charge in [-0.15, -0.1) is 5.10 Å². The SMILES string of the molecule is O=C1C=C(c2c(-n3cnnn3)ccc(Cl)c2F)C[C@H]2CC[C@@H](c3ncc(-c4ccnc(C[C@H](O)C(F)(F)F)c4F)[nH]3)N12. The molecule has 0 bridgehead atoms. The van der Waals surface area contributed by atoms with Crippen molar-refractivity contribution >= 4 is 23.1 Å². The fourth-order valence-corrected chi connectivity index (χ4v) is 5.64. The average Bonchev–Trinajstić information content (AvgIpc) is 3.72. The second-order valence-corrected chi connectivity index (χ2v) is 10.3. The molecule has 0 saturated carbocycles. The van der Waals surface area contributed by atoms with Crippen molar-refractivity contribution in [3.63, 3.8) is 0 Å². The van der Waals surface area contributed by atoms with Gasteiger partial charge in [-0.2, -0.15) is 17.9 Å². The molecule has 1 amide bonds. The number of pyridine rings is 1. The lowest BCUT2D eigenvalue weighted by molar-refractivity contribution is -0.203. The van der Waals surface area contributed by atoms with Gasteiger partial charge in [-0.05, 0) is 53.5 Å². The molecular formula is C26H20ClF5N8O2. The van der Waals surface area contributed by atoms with Crippen LogP contribution in [0.1, 0.15) is 42.4 Å². The number of imidazole rings is 1. The second kappa shape index (κ2) is 10.5. The fraction of sp³-hybridized carbons (Fsp3) is 0.308. The van der Waals surface area contributed by atoms with Crippen molar-refractivity contribution < 1.29 is 31.9 Å². The number of aromatic amines is 1. The lowest BCUT2D eigenvalue weighted by Gasteiger charge is -2.33. The van der Waals surface area contributed by atoms with Crippen LogP contribution in [0.5, 0.6) is 0 Å². The number of halogens is 6. The molecule has 3 atom stereocenters. The summed E-state index contributed by atoms with van der Waals surface area (Å²) in [5.41, 5.74) is 0.407. The Morgan fingerprint density at radius 3 is 2.69 bits per heavy atom. The van der Waals surface area contributed by atoms with Gasteiger partial charge in [-0.1, -0.05) is 11.6 Å². The van der Waals surface area contributed by atoms with E-state index in [9.17, 15) is 23.1 Å². The number of aromatic nitrogens is 7. The molecule has 0 radical (unpaired) electrons. The number of benzene rings is 1. The van der Waals surface area contributed by atoms with Crippen molar-refractivity contribution in [1.29, 1.82) is 0 Å². The van der Waals surface area contributed by atoms with Crippen molar-refractivity contribution in [3.05, 3.63) is 76.7 Å². The monoisotopic (exact) mass is 606 g/mol. The lowest BCUT2D eigenvalue weighted by atomic mass is 9.92. The first kappa shape index (κ1) is 27.9. The summed E-state index contributed by atoms with van der Waals surface area (Å²) < 4.78 is 70.1. The predicted molar refractivity (Wildman–Crippen MR) is 137 cm³/mol. The summed E-state index contributed by atoms with van der Waals surface area (Å²) in [5, 5.41) is 20.3. The highest BCUT2D eigenvalue weighted by molar-refractivity contribution is 6.31. The molecule has 0 spiro atoms. The van der Waals surface area contributed by atoms with Gasteiger partial charge in [-0.3, -0.25) is 9.78 Å². The topological polar surface area (TPSA) is 126 Å². The highest BCUT2D eigenvalue weighted by atomic mass is 35.5. The fourth-order valence-electron chi connectivity index (χ4n) is 5.48. The smallest absolute Gasteiger partial charge is 0.383 e. The Morgan fingerprint density at radius 2 is 1.95 bits per heavy atom. The third-order valence-corrected chi connectivity index (χ3v) is 7.72. The Labute approximate surface area is 238 Å². The number of alkyl halides is 3. The molecule has 1 aromatic carbocycles. The van der Waals surface area contributed by atoms with Gasteiger partial charge in [0.2, 0.25) is 5.91 Å². The summed E-state index contributed by atoms with van der Waals surface area (Å²) in [6.07, 6.45) is -2.26. The number of tetrazole rings is 1. The quantitative estimate of drug-likeness (QED) is 0.312. The minimum absolute atomic E-state index is 0.0820. The number of amides is 1. The van der Waals surface area contributed by atoms with Crippen LogP contribution in [0.3, 0.4) is 0 Å². The van der Waals surface area contributed by atoms with Gasteiger partial charge < -0.3 is 15.0 Å². The molecule has 2 aliphatic rings. The zero-order valence-corrected chi connectivity index (χ0v) is 22.1. The van der Waals surface area contributed by atoms with Crippen molar-refractivity contribution in [2.45, 2.75) is 50.0 Å². The number of aliphatic hydroxyl groups excluding tert-OH is 1. The van der Waals surface area contributed by atoms with Crippen molar-refractivity contribution in [2.24, 2.45) is 0 Å². The van der Waals surface area contributed by atoms with Crippen LogP contribution in [0.4, 0.5) is 22.0 Å². The summed E-state index contributed by atoms with van der Waals surface area (Å²) in [6.45, 7) is 0. The molecule has 1 fully saturated rings. The number of carbonyl (C=O) groups is 1. The van der Waals surface area contributed by atoms with E-state index < -0.39 is 42.1 Å². The number of nitrogens with zero attached hydrogens (tertiary/aromatic N) is 7. The maximum absolute atomic E-state index is 15.3. The maximum Gasteiger partial charge on any atom is 0.414 e. The van der Waals surface area contributed by atoms with Crippen LogP contribution >= 0.6 is 11.6 Å². The highest BCUT2D eigenvalue weighted by Crippen LogP contribution is 2.44. The number of hydrogen-bond donors (Lipinski definition) is 2. The minimum Gasteiger partial charge on any atom is -0.383 e. The summed E-state index contributed by atoms with van der Waals surface area (Å²) in [6, 6.07) is 3.40. The number of aliphatic hydroxyl groups is 1. The number of H-pyrrole nitrogens is 1. The highest BCUT2D eigenvalue weighted by Gasteiger charge is 2.42. The molecule has 16 heteroatoms. The number of rotatable bonds is 6. The van der Waals surface area contributed by atoms with Crippen LogP contribution in [-0.4, -0.2) is 69.4 Å². The second-order valence-electron chi connectivity index (χ2n) is 9.94. The van der Waals surface area contributed by atoms with E-state index in [1.54, 1.807) is 11.0 Å². The molecule has 42 heavy (non-hydrogen) atoms. The number of nitrogens with one attached hydrogen (secondary N) is 1. The van der Waals surface area contributed by atoms with Crippen LogP contribution in [0.2, 0.25) is 5.02 Å². The van der Waals surface area contributed by atoms with E-state index in [-0.39, 0.29) is 33.8 Å². The van der Waals surface area contributed by atoms with Crippen LogP contribution in [0.15, 0.2) is 43.0 Å². The molecule has 3 aromatic heterocycles. The normalized spacial score (nSPS) is 19.6. The van der Waals surface area contributed by atoms with E-state index in [1.165, 1.54) is 35.4 Å².